The van der Waals surface area contributed by atoms with E-state index in [4.69, 9.17) is 5.73 Å². The molecule has 0 saturated heterocycles. The van der Waals surface area contributed by atoms with E-state index in [2.05, 4.69) is 10.6 Å². The van der Waals surface area contributed by atoms with Crippen molar-refractivity contribution in [3.05, 3.63) is 0 Å². The summed E-state index contributed by atoms with van der Waals surface area (Å²) in [6, 6.07) is -1.45. The molecule has 0 heterocycles. The third-order valence-electron chi connectivity index (χ3n) is 2.01. The average molecular weight is 244 g/mol. The van der Waals surface area contributed by atoms with Crippen LogP contribution in [0.15, 0.2) is 0 Å². The second kappa shape index (κ2) is 8.51. The molecule has 7 nitrogen and oxygen atoms in total. The molecule has 0 aromatic carbocycles. The van der Waals surface area contributed by atoms with Crippen LogP contribution < -0.4 is 21.7 Å². The molecule has 0 bridgehead atoms. The minimum Gasteiger partial charge on any atom is -0.356 e. The Morgan fingerprint density at radius 3 is 2.41 bits per heavy atom. The van der Waals surface area contributed by atoms with Crippen LogP contribution in [0.2, 0.25) is 0 Å². The Bertz CT molecular complexity index is 281. The maximum atomic E-state index is 11.2. The third-order valence-corrected chi connectivity index (χ3v) is 2.01. The van der Waals surface area contributed by atoms with E-state index in [-0.39, 0.29) is 12.3 Å². The fraction of sp³-hybridized carbons (Fsp3) is 0.700. The van der Waals surface area contributed by atoms with Crippen molar-refractivity contribution in [2.45, 2.75) is 32.7 Å². The zero-order valence-electron chi connectivity index (χ0n) is 10.2. The number of carbonyl (C=O) groups excluding carboxylic acids is 3. The predicted molar refractivity (Wildman–Crippen MR) is 63.1 cm³/mol. The lowest BCUT2D eigenvalue weighted by Gasteiger charge is -2.12. The number of rotatable bonds is 7. The van der Waals surface area contributed by atoms with Gasteiger partial charge in [-0.1, -0.05) is 6.92 Å². The first-order valence-electron chi connectivity index (χ1n) is 5.57. The largest absolute Gasteiger partial charge is 0.356 e. The maximum Gasteiger partial charge on any atom is 0.318 e. The highest BCUT2D eigenvalue weighted by Crippen LogP contribution is 1.84. The predicted octanol–water partition coefficient (Wildman–Crippen LogP) is -0.924. The van der Waals surface area contributed by atoms with Gasteiger partial charge in [0.25, 0.3) is 0 Å². The number of hydrogen-bond donors (Lipinski definition) is 4. The van der Waals surface area contributed by atoms with Gasteiger partial charge < -0.3 is 16.4 Å². The van der Waals surface area contributed by atoms with Crippen molar-refractivity contribution in [1.82, 2.24) is 16.0 Å². The molecule has 0 aromatic heterocycles. The van der Waals surface area contributed by atoms with E-state index in [9.17, 15) is 14.4 Å². The lowest BCUT2D eigenvalue weighted by atomic mass is 10.3. The summed E-state index contributed by atoms with van der Waals surface area (Å²) < 4.78 is 0. The van der Waals surface area contributed by atoms with Crippen LogP contribution in [-0.4, -0.2) is 37.0 Å². The molecule has 4 amide bonds. The van der Waals surface area contributed by atoms with Crippen molar-refractivity contribution >= 4 is 17.8 Å². The summed E-state index contributed by atoms with van der Waals surface area (Å²) in [7, 11) is 0. The summed E-state index contributed by atoms with van der Waals surface area (Å²) in [5, 5.41) is 7.48. The molecule has 0 aliphatic heterocycles. The van der Waals surface area contributed by atoms with Gasteiger partial charge in [-0.3, -0.25) is 14.9 Å². The first-order chi connectivity index (χ1) is 7.97. The quantitative estimate of drug-likeness (QED) is 0.463. The number of carbonyl (C=O) groups is 3. The first-order valence-corrected chi connectivity index (χ1v) is 5.57. The van der Waals surface area contributed by atoms with Crippen LogP contribution in [0.3, 0.4) is 0 Å². The topological polar surface area (TPSA) is 113 Å². The van der Waals surface area contributed by atoms with Gasteiger partial charge in [-0.2, -0.15) is 0 Å². The van der Waals surface area contributed by atoms with Crippen molar-refractivity contribution < 1.29 is 14.4 Å². The summed E-state index contributed by atoms with van der Waals surface area (Å²) >= 11 is 0. The molecular weight excluding hydrogens is 224 g/mol. The molecule has 0 aliphatic carbocycles. The van der Waals surface area contributed by atoms with Crippen LogP contribution in [0.25, 0.3) is 0 Å². The molecular formula is C10H20N4O3. The van der Waals surface area contributed by atoms with Gasteiger partial charge in [0, 0.05) is 19.5 Å². The van der Waals surface area contributed by atoms with Crippen LogP contribution >= 0.6 is 0 Å². The molecule has 0 radical (unpaired) electrons. The third kappa shape index (κ3) is 8.21. The van der Waals surface area contributed by atoms with E-state index < -0.39 is 18.0 Å². The van der Waals surface area contributed by atoms with Gasteiger partial charge >= 0.3 is 6.03 Å². The van der Waals surface area contributed by atoms with Gasteiger partial charge in [0.1, 0.15) is 0 Å². The number of nitrogens with two attached hydrogens (primary N) is 1. The molecule has 98 valence electrons. The Labute approximate surface area is 100 Å². The van der Waals surface area contributed by atoms with Crippen molar-refractivity contribution in [1.29, 1.82) is 0 Å². The van der Waals surface area contributed by atoms with Crippen LogP contribution in [0.5, 0.6) is 0 Å². The van der Waals surface area contributed by atoms with Crippen molar-refractivity contribution in [2.75, 3.05) is 13.1 Å². The Morgan fingerprint density at radius 1 is 1.24 bits per heavy atom. The minimum atomic E-state index is -0.885. The lowest BCUT2D eigenvalue weighted by molar-refractivity contribution is -0.123. The molecule has 0 aromatic rings. The summed E-state index contributed by atoms with van der Waals surface area (Å²) in [5.41, 5.74) is 4.80. The van der Waals surface area contributed by atoms with Crippen LogP contribution in [-0.2, 0) is 9.59 Å². The Morgan fingerprint density at radius 2 is 1.88 bits per heavy atom. The van der Waals surface area contributed by atoms with E-state index in [1.165, 1.54) is 0 Å². The zero-order valence-corrected chi connectivity index (χ0v) is 10.2. The number of urea groups is 1. The molecule has 0 aliphatic rings. The highest BCUT2D eigenvalue weighted by molar-refractivity contribution is 5.96. The van der Waals surface area contributed by atoms with Gasteiger partial charge in [-0.15, -0.1) is 0 Å². The molecule has 0 saturated carbocycles. The summed E-state index contributed by atoms with van der Waals surface area (Å²) in [6.07, 6.45) is 1.17. The highest BCUT2D eigenvalue weighted by Gasteiger charge is 2.13. The van der Waals surface area contributed by atoms with E-state index >= 15 is 0 Å². The smallest absolute Gasteiger partial charge is 0.318 e. The van der Waals surface area contributed by atoms with Gasteiger partial charge in [-0.25, -0.2) is 4.79 Å². The van der Waals surface area contributed by atoms with Crippen molar-refractivity contribution in [2.24, 2.45) is 5.73 Å². The Kier molecular flexibility index (Phi) is 7.70. The van der Waals surface area contributed by atoms with E-state index in [0.717, 1.165) is 6.42 Å². The molecule has 7 heteroatoms. The Balaban J connectivity index is 3.70. The van der Waals surface area contributed by atoms with E-state index in [1.54, 1.807) is 6.92 Å². The second-order valence-electron chi connectivity index (χ2n) is 3.63. The molecule has 0 fully saturated rings. The monoisotopic (exact) mass is 244 g/mol. The van der Waals surface area contributed by atoms with Crippen LogP contribution in [0.1, 0.15) is 26.7 Å². The SMILES string of the molecule is CCCNC(=O)CCNC(C)C(=O)NC(N)=O. The van der Waals surface area contributed by atoms with Gasteiger partial charge in [0.05, 0.1) is 6.04 Å². The average Bonchev–Trinajstić information content (AvgIpc) is 2.25. The number of imide groups is 1. The summed E-state index contributed by atoms with van der Waals surface area (Å²) in [4.78, 5) is 32.8. The van der Waals surface area contributed by atoms with Gasteiger partial charge in [-0.05, 0) is 13.3 Å². The highest BCUT2D eigenvalue weighted by atomic mass is 16.2. The molecule has 1 unspecified atom stereocenters. The van der Waals surface area contributed by atoms with Crippen LogP contribution in [0.4, 0.5) is 4.79 Å². The normalized spacial score (nSPS) is 11.6. The molecule has 5 N–H and O–H groups in total. The minimum absolute atomic E-state index is 0.0677. The fourth-order valence-corrected chi connectivity index (χ4v) is 1.08. The van der Waals surface area contributed by atoms with Gasteiger partial charge in [0.15, 0.2) is 0 Å². The number of primary amides is 1. The standard InChI is InChI=1S/C10H20N4O3/c1-3-5-13-8(15)4-6-12-7(2)9(16)14-10(11)17/h7,12H,3-6H2,1-2H3,(H,13,15)(H3,11,14,16,17). The fourth-order valence-electron chi connectivity index (χ4n) is 1.08. The molecule has 0 spiro atoms. The number of nitrogens with one attached hydrogen (secondary N) is 3. The molecule has 1 atom stereocenters. The van der Waals surface area contributed by atoms with E-state index in [0.29, 0.717) is 13.1 Å². The maximum absolute atomic E-state index is 11.2. The lowest BCUT2D eigenvalue weighted by Crippen LogP contribution is -2.47. The number of hydrogen-bond acceptors (Lipinski definition) is 4. The number of amides is 4. The zero-order chi connectivity index (χ0) is 13.3. The van der Waals surface area contributed by atoms with Crippen LogP contribution in [0, 0.1) is 0 Å². The van der Waals surface area contributed by atoms with Gasteiger partial charge in [0.2, 0.25) is 11.8 Å². The van der Waals surface area contributed by atoms with Crippen molar-refractivity contribution in [3.63, 3.8) is 0 Å². The second-order valence-corrected chi connectivity index (χ2v) is 3.63. The summed E-state index contributed by atoms with van der Waals surface area (Å²) in [5.74, 6) is -0.576. The Hall–Kier alpha value is -1.63. The van der Waals surface area contributed by atoms with Crippen molar-refractivity contribution in [3.8, 4) is 0 Å². The summed E-state index contributed by atoms with van der Waals surface area (Å²) in [6.45, 7) is 4.57. The molecule has 0 rings (SSSR count). The van der Waals surface area contributed by atoms with E-state index in [1.807, 2.05) is 12.2 Å². The first kappa shape index (κ1) is 15.4. The molecule has 17 heavy (non-hydrogen) atoms.